The number of benzene rings is 1. The van der Waals surface area contributed by atoms with Crippen molar-refractivity contribution in [1.29, 1.82) is 0 Å². The highest BCUT2D eigenvalue weighted by Crippen LogP contribution is 2.17. The molecule has 0 radical (unpaired) electrons. The summed E-state index contributed by atoms with van der Waals surface area (Å²) in [6.45, 7) is 2.95. The van der Waals surface area contributed by atoms with Gasteiger partial charge in [0.15, 0.2) is 0 Å². The molecule has 0 saturated heterocycles. The minimum absolute atomic E-state index is 0.301. The number of hydrogen-bond donors (Lipinski definition) is 1. The van der Waals surface area contributed by atoms with E-state index in [4.69, 9.17) is 9.15 Å². The normalized spacial score (nSPS) is 10.7. The maximum Gasteiger partial charge on any atom is 0.338 e. The van der Waals surface area contributed by atoms with E-state index < -0.39 is 0 Å². The molecule has 0 aliphatic rings. The summed E-state index contributed by atoms with van der Waals surface area (Å²) < 4.78 is 10.5. The highest BCUT2D eigenvalue weighted by Gasteiger charge is 2.09. The lowest BCUT2D eigenvalue weighted by Crippen LogP contribution is -2.15. The monoisotopic (exact) mass is 304 g/mol. The molecule has 0 aliphatic carbocycles. The maximum atomic E-state index is 11.7. The second kappa shape index (κ2) is 7.56. The zero-order chi connectivity index (χ0) is 15.9. The van der Waals surface area contributed by atoms with Gasteiger partial charge in [0, 0.05) is 18.7 Å². The van der Waals surface area contributed by atoms with E-state index in [1.54, 1.807) is 25.1 Å². The van der Waals surface area contributed by atoms with Crippen molar-refractivity contribution >= 4 is 17.7 Å². The molecule has 1 N–H and O–H groups in total. The number of nitrogens with one attached hydrogen (secondary N) is 1. The first-order chi connectivity index (χ1) is 10.6. The van der Waals surface area contributed by atoms with Gasteiger partial charge in [0.05, 0.1) is 12.2 Å². The van der Waals surface area contributed by atoms with E-state index in [0.717, 1.165) is 6.54 Å². The Labute approximate surface area is 129 Å². The van der Waals surface area contributed by atoms with Crippen molar-refractivity contribution in [3.05, 3.63) is 35.7 Å². The van der Waals surface area contributed by atoms with Gasteiger partial charge in [-0.05, 0) is 39.2 Å². The van der Waals surface area contributed by atoms with Crippen molar-refractivity contribution in [3.63, 3.8) is 0 Å². The number of ether oxygens (including phenoxy) is 1. The van der Waals surface area contributed by atoms with E-state index in [-0.39, 0.29) is 5.97 Å². The zero-order valence-electron chi connectivity index (χ0n) is 13.0. The lowest BCUT2D eigenvalue weighted by atomic mass is 10.2. The Hall–Kier alpha value is -2.41. The number of anilines is 2. The number of carbonyl (C=O) groups excluding carboxylic acids is 1. The highest BCUT2D eigenvalue weighted by atomic mass is 16.5. The van der Waals surface area contributed by atoms with Crippen LogP contribution < -0.4 is 5.32 Å². The smallest absolute Gasteiger partial charge is 0.338 e. The average Bonchev–Trinajstić information content (AvgIpc) is 2.93. The third-order valence-corrected chi connectivity index (χ3v) is 2.86. The van der Waals surface area contributed by atoms with Gasteiger partial charge in [-0.15, -0.1) is 5.10 Å². The van der Waals surface area contributed by atoms with Crippen LogP contribution in [0.25, 0.3) is 0 Å². The minimum Gasteiger partial charge on any atom is -0.462 e. The Morgan fingerprint density at radius 1 is 1.36 bits per heavy atom. The zero-order valence-corrected chi connectivity index (χ0v) is 13.0. The van der Waals surface area contributed by atoms with Crippen LogP contribution in [0.1, 0.15) is 23.2 Å². The number of likely N-dealkylation sites (N-methyl/N-ethyl adjacent to an activating group) is 1. The van der Waals surface area contributed by atoms with Gasteiger partial charge < -0.3 is 19.4 Å². The molecule has 1 aromatic heterocycles. The van der Waals surface area contributed by atoms with E-state index in [2.05, 4.69) is 15.5 Å². The molecule has 0 spiro atoms. The lowest BCUT2D eigenvalue weighted by Gasteiger charge is -2.06. The minimum atomic E-state index is -0.358. The molecule has 7 nitrogen and oxygen atoms in total. The third kappa shape index (κ3) is 4.56. The summed E-state index contributed by atoms with van der Waals surface area (Å²) in [4.78, 5) is 13.7. The van der Waals surface area contributed by atoms with Gasteiger partial charge in [-0.3, -0.25) is 0 Å². The van der Waals surface area contributed by atoms with E-state index >= 15 is 0 Å². The van der Waals surface area contributed by atoms with Crippen molar-refractivity contribution in [3.8, 4) is 0 Å². The predicted molar refractivity (Wildman–Crippen MR) is 82.2 cm³/mol. The molecule has 0 aliphatic heterocycles. The highest BCUT2D eigenvalue weighted by molar-refractivity contribution is 5.90. The molecule has 0 bridgehead atoms. The molecule has 1 heterocycles. The van der Waals surface area contributed by atoms with Crippen LogP contribution in [-0.4, -0.2) is 48.3 Å². The average molecular weight is 304 g/mol. The third-order valence-electron chi connectivity index (χ3n) is 2.86. The molecule has 118 valence electrons. The van der Waals surface area contributed by atoms with Gasteiger partial charge in [-0.1, -0.05) is 11.2 Å². The summed E-state index contributed by atoms with van der Waals surface area (Å²) in [7, 11) is 3.97. The predicted octanol–water partition coefficient (Wildman–Crippen LogP) is 2.09. The standard InChI is InChI=1S/C15H20N4O3/c1-4-21-14(20)11-6-5-7-12(10-11)16-15-18-17-13(22-15)8-9-19(2)3/h5-7,10H,4,8-9H2,1-3H3,(H,16,18). The number of carbonyl (C=O) groups is 1. The fourth-order valence-electron chi connectivity index (χ4n) is 1.79. The van der Waals surface area contributed by atoms with Gasteiger partial charge in [0.25, 0.3) is 0 Å². The van der Waals surface area contributed by atoms with Crippen molar-refractivity contribution in [1.82, 2.24) is 15.1 Å². The van der Waals surface area contributed by atoms with Crippen LogP contribution in [0.3, 0.4) is 0 Å². The molecular weight excluding hydrogens is 284 g/mol. The lowest BCUT2D eigenvalue weighted by molar-refractivity contribution is 0.0526. The van der Waals surface area contributed by atoms with Crippen LogP contribution in [0.15, 0.2) is 28.7 Å². The Morgan fingerprint density at radius 2 is 2.18 bits per heavy atom. The first-order valence-corrected chi connectivity index (χ1v) is 7.10. The second-order valence-corrected chi connectivity index (χ2v) is 4.98. The SMILES string of the molecule is CCOC(=O)c1cccc(Nc2nnc(CCN(C)C)o2)c1. The van der Waals surface area contributed by atoms with Crippen LogP contribution in [0, 0.1) is 0 Å². The van der Waals surface area contributed by atoms with Crippen LogP contribution in [0.2, 0.25) is 0 Å². The first kappa shape index (κ1) is 16.0. The molecule has 0 saturated carbocycles. The molecule has 7 heteroatoms. The molecule has 22 heavy (non-hydrogen) atoms. The number of aromatic nitrogens is 2. The summed E-state index contributed by atoms with van der Waals surface area (Å²) >= 11 is 0. The Bertz CT molecular complexity index is 625. The van der Waals surface area contributed by atoms with E-state index in [9.17, 15) is 4.79 Å². The number of rotatable bonds is 7. The van der Waals surface area contributed by atoms with Crippen LogP contribution in [0.5, 0.6) is 0 Å². The molecule has 2 aromatic rings. The fourth-order valence-corrected chi connectivity index (χ4v) is 1.79. The van der Waals surface area contributed by atoms with Crippen molar-refractivity contribution < 1.29 is 13.9 Å². The molecular formula is C15H20N4O3. The first-order valence-electron chi connectivity index (χ1n) is 7.10. The number of nitrogens with zero attached hydrogens (tertiary/aromatic N) is 3. The van der Waals surface area contributed by atoms with Crippen molar-refractivity contribution in [2.45, 2.75) is 13.3 Å². The molecule has 0 amide bonds. The van der Waals surface area contributed by atoms with E-state index in [0.29, 0.717) is 36.2 Å². The Balaban J connectivity index is 2.01. The topological polar surface area (TPSA) is 80.5 Å². The second-order valence-electron chi connectivity index (χ2n) is 4.98. The number of hydrogen-bond acceptors (Lipinski definition) is 7. The van der Waals surface area contributed by atoms with Gasteiger partial charge in [-0.25, -0.2) is 4.79 Å². The van der Waals surface area contributed by atoms with E-state index in [1.807, 2.05) is 25.1 Å². The quantitative estimate of drug-likeness (QED) is 0.784. The molecule has 0 atom stereocenters. The summed E-state index contributed by atoms with van der Waals surface area (Å²) in [6.07, 6.45) is 0.685. The van der Waals surface area contributed by atoms with Crippen LogP contribution in [0.4, 0.5) is 11.7 Å². The van der Waals surface area contributed by atoms with Gasteiger partial charge in [0.1, 0.15) is 0 Å². The summed E-state index contributed by atoms with van der Waals surface area (Å²) in [6, 6.07) is 7.25. The number of esters is 1. The van der Waals surface area contributed by atoms with Gasteiger partial charge >= 0.3 is 12.0 Å². The maximum absolute atomic E-state index is 11.7. The molecule has 2 rings (SSSR count). The van der Waals surface area contributed by atoms with Crippen LogP contribution >= 0.6 is 0 Å². The van der Waals surface area contributed by atoms with E-state index in [1.165, 1.54) is 0 Å². The Kier molecular flexibility index (Phi) is 5.48. The van der Waals surface area contributed by atoms with Gasteiger partial charge in [-0.2, -0.15) is 0 Å². The summed E-state index contributed by atoms with van der Waals surface area (Å²) in [5.41, 5.74) is 1.16. The van der Waals surface area contributed by atoms with Crippen molar-refractivity contribution in [2.75, 3.05) is 32.6 Å². The molecule has 1 aromatic carbocycles. The fraction of sp³-hybridized carbons (Fsp3) is 0.400. The Morgan fingerprint density at radius 3 is 2.91 bits per heavy atom. The van der Waals surface area contributed by atoms with Gasteiger partial charge in [0.2, 0.25) is 5.89 Å². The molecule has 0 fully saturated rings. The van der Waals surface area contributed by atoms with Crippen molar-refractivity contribution in [2.24, 2.45) is 0 Å². The largest absolute Gasteiger partial charge is 0.462 e. The molecule has 0 unspecified atom stereocenters. The summed E-state index contributed by atoms with van der Waals surface area (Å²) in [5.74, 6) is 0.209. The van der Waals surface area contributed by atoms with Crippen LogP contribution in [-0.2, 0) is 11.2 Å². The summed E-state index contributed by atoms with van der Waals surface area (Å²) in [5, 5.41) is 10.9.